The van der Waals surface area contributed by atoms with Crippen LogP contribution in [0, 0.1) is 13.8 Å². The molecule has 0 spiro atoms. The van der Waals surface area contributed by atoms with E-state index in [2.05, 4.69) is 9.62 Å². The molecule has 2 unspecified atom stereocenters. The maximum absolute atomic E-state index is 12.7. The van der Waals surface area contributed by atoms with E-state index in [1.54, 1.807) is 13.8 Å². The minimum atomic E-state index is -3.67. The van der Waals surface area contributed by atoms with Gasteiger partial charge in [0.2, 0.25) is 10.0 Å². The predicted octanol–water partition coefficient (Wildman–Crippen LogP) is 0.904. The molecule has 118 valence electrons. The number of fused-ring (bicyclic) bond motifs is 1. The van der Waals surface area contributed by atoms with Crippen molar-refractivity contribution < 1.29 is 17.9 Å². The average molecular weight is 314 g/mol. The summed E-state index contributed by atoms with van der Waals surface area (Å²) in [6.45, 7) is 4.98. The Morgan fingerprint density at radius 1 is 1.29 bits per heavy atom. The number of rotatable bonds is 4. The molecule has 0 aromatic carbocycles. The van der Waals surface area contributed by atoms with E-state index in [-0.39, 0.29) is 17.5 Å². The van der Waals surface area contributed by atoms with Gasteiger partial charge in [-0.05, 0) is 39.7 Å². The van der Waals surface area contributed by atoms with Crippen LogP contribution in [0.5, 0.6) is 0 Å². The highest BCUT2D eigenvalue weighted by atomic mass is 32.2. The summed E-state index contributed by atoms with van der Waals surface area (Å²) < 4.78 is 33.6. The van der Waals surface area contributed by atoms with E-state index in [0.717, 1.165) is 32.4 Å². The molecule has 2 aliphatic heterocycles. The van der Waals surface area contributed by atoms with Crippen molar-refractivity contribution in [1.29, 1.82) is 0 Å². The van der Waals surface area contributed by atoms with Crippen LogP contribution in [0.1, 0.15) is 36.3 Å². The van der Waals surface area contributed by atoms with Gasteiger partial charge in [-0.2, -0.15) is 0 Å². The molecular weight excluding hydrogens is 292 g/mol. The summed E-state index contributed by atoms with van der Waals surface area (Å²) in [5.41, 5.74) is 0.362. The molecule has 2 saturated heterocycles. The molecule has 1 aromatic rings. The molecule has 2 N–H and O–H groups in total. The number of sulfonamides is 1. The molecule has 2 aliphatic rings. The van der Waals surface area contributed by atoms with Crippen LogP contribution in [-0.2, 0) is 16.6 Å². The Morgan fingerprint density at radius 3 is 2.76 bits per heavy atom. The van der Waals surface area contributed by atoms with Gasteiger partial charge in [0.15, 0.2) is 0 Å². The fourth-order valence-electron chi connectivity index (χ4n) is 3.72. The molecule has 0 radical (unpaired) electrons. The van der Waals surface area contributed by atoms with Gasteiger partial charge in [0.25, 0.3) is 0 Å². The van der Waals surface area contributed by atoms with Crippen LogP contribution in [0.25, 0.3) is 0 Å². The van der Waals surface area contributed by atoms with Gasteiger partial charge in [-0.1, -0.05) is 0 Å². The molecule has 3 heterocycles. The lowest BCUT2D eigenvalue weighted by Gasteiger charge is -2.21. The third kappa shape index (κ3) is 2.52. The van der Waals surface area contributed by atoms with Crippen LogP contribution >= 0.6 is 0 Å². The summed E-state index contributed by atoms with van der Waals surface area (Å²) in [6, 6.07) is 0.268. The van der Waals surface area contributed by atoms with Gasteiger partial charge in [0.1, 0.15) is 16.4 Å². The minimum Gasteiger partial charge on any atom is -0.465 e. The number of aryl methyl sites for hydroxylation is 2. The SMILES string of the molecule is Cc1oc(C)c(S(=O)(=O)NC2CCN3CCCC23)c1CO. The number of hydrogen-bond donors (Lipinski definition) is 2. The van der Waals surface area contributed by atoms with E-state index >= 15 is 0 Å². The van der Waals surface area contributed by atoms with Crippen LogP contribution in [0.3, 0.4) is 0 Å². The van der Waals surface area contributed by atoms with E-state index in [1.807, 2.05) is 0 Å². The van der Waals surface area contributed by atoms with Crippen molar-refractivity contribution in [2.24, 2.45) is 0 Å². The number of aliphatic hydroxyl groups is 1. The zero-order chi connectivity index (χ0) is 15.2. The Morgan fingerprint density at radius 2 is 2.05 bits per heavy atom. The molecule has 3 rings (SSSR count). The summed E-state index contributed by atoms with van der Waals surface area (Å²) in [5.74, 6) is 0.801. The Labute approximate surface area is 125 Å². The summed E-state index contributed by atoms with van der Waals surface area (Å²) in [7, 11) is -3.67. The Bertz CT molecular complexity index is 638. The summed E-state index contributed by atoms with van der Waals surface area (Å²) >= 11 is 0. The summed E-state index contributed by atoms with van der Waals surface area (Å²) in [5, 5.41) is 9.43. The Kier molecular flexibility index (Phi) is 3.85. The molecule has 0 amide bonds. The van der Waals surface area contributed by atoms with Crippen LogP contribution in [0.4, 0.5) is 0 Å². The number of nitrogens with zero attached hydrogens (tertiary/aromatic N) is 1. The fourth-order valence-corrected chi connectivity index (χ4v) is 5.47. The van der Waals surface area contributed by atoms with Gasteiger partial charge in [-0.3, -0.25) is 4.90 Å². The third-order valence-corrected chi connectivity index (χ3v) is 6.35. The van der Waals surface area contributed by atoms with Crippen molar-refractivity contribution in [2.75, 3.05) is 13.1 Å². The van der Waals surface area contributed by atoms with E-state index in [0.29, 0.717) is 23.1 Å². The van der Waals surface area contributed by atoms with Crippen LogP contribution in [-0.4, -0.2) is 43.6 Å². The molecule has 7 heteroatoms. The Balaban J connectivity index is 1.88. The Hall–Kier alpha value is -0.890. The second-order valence-corrected chi connectivity index (χ2v) is 7.59. The number of hydrogen-bond acceptors (Lipinski definition) is 5. The average Bonchev–Trinajstić information content (AvgIpc) is 3.05. The number of nitrogens with one attached hydrogen (secondary N) is 1. The topological polar surface area (TPSA) is 82.8 Å². The predicted molar refractivity (Wildman–Crippen MR) is 77.4 cm³/mol. The van der Waals surface area contributed by atoms with Crippen molar-refractivity contribution in [2.45, 2.75) is 56.7 Å². The lowest BCUT2D eigenvalue weighted by molar-refractivity contribution is 0.276. The first-order valence-corrected chi connectivity index (χ1v) is 8.88. The molecule has 2 fully saturated rings. The highest BCUT2D eigenvalue weighted by Gasteiger charge is 2.40. The van der Waals surface area contributed by atoms with E-state index in [9.17, 15) is 13.5 Å². The van der Waals surface area contributed by atoms with E-state index in [4.69, 9.17) is 4.42 Å². The van der Waals surface area contributed by atoms with Gasteiger partial charge in [0.05, 0.1) is 6.61 Å². The number of furan rings is 1. The third-order valence-electron chi connectivity index (χ3n) is 4.66. The fraction of sp³-hybridized carbons (Fsp3) is 0.714. The number of aliphatic hydroxyl groups excluding tert-OH is 1. The zero-order valence-corrected chi connectivity index (χ0v) is 13.2. The first-order chi connectivity index (χ1) is 9.94. The molecule has 0 bridgehead atoms. The largest absolute Gasteiger partial charge is 0.465 e. The van der Waals surface area contributed by atoms with Gasteiger partial charge >= 0.3 is 0 Å². The van der Waals surface area contributed by atoms with Crippen LogP contribution < -0.4 is 4.72 Å². The van der Waals surface area contributed by atoms with Crippen LogP contribution in [0.15, 0.2) is 9.31 Å². The molecule has 6 nitrogen and oxygen atoms in total. The van der Waals surface area contributed by atoms with E-state index in [1.165, 1.54) is 0 Å². The van der Waals surface area contributed by atoms with Crippen molar-refractivity contribution in [3.05, 3.63) is 17.1 Å². The van der Waals surface area contributed by atoms with Crippen molar-refractivity contribution in [3.63, 3.8) is 0 Å². The summed E-state index contributed by atoms with van der Waals surface area (Å²) in [6.07, 6.45) is 3.02. The van der Waals surface area contributed by atoms with Gasteiger partial charge < -0.3 is 9.52 Å². The molecule has 0 aliphatic carbocycles. The first kappa shape index (κ1) is 15.0. The molecular formula is C14H22N2O4S. The normalized spacial score (nSPS) is 26.4. The monoisotopic (exact) mass is 314 g/mol. The van der Waals surface area contributed by atoms with Crippen molar-refractivity contribution in [3.8, 4) is 0 Å². The molecule has 1 aromatic heterocycles. The zero-order valence-electron chi connectivity index (χ0n) is 12.4. The molecule has 21 heavy (non-hydrogen) atoms. The minimum absolute atomic E-state index is 0.0429. The smallest absolute Gasteiger partial charge is 0.244 e. The highest BCUT2D eigenvalue weighted by molar-refractivity contribution is 7.89. The van der Waals surface area contributed by atoms with Crippen LogP contribution in [0.2, 0.25) is 0 Å². The molecule has 2 atom stereocenters. The molecule has 0 saturated carbocycles. The highest BCUT2D eigenvalue weighted by Crippen LogP contribution is 2.31. The van der Waals surface area contributed by atoms with Gasteiger partial charge in [-0.15, -0.1) is 0 Å². The lowest BCUT2D eigenvalue weighted by Crippen LogP contribution is -2.42. The standard InChI is InChI=1S/C14H22N2O4S/c1-9-11(8-17)14(10(2)20-9)21(18,19)15-12-5-7-16-6-3-4-13(12)16/h12-13,15,17H,3-8H2,1-2H3. The second kappa shape index (κ2) is 5.39. The van der Waals surface area contributed by atoms with Gasteiger partial charge in [0, 0.05) is 24.2 Å². The first-order valence-electron chi connectivity index (χ1n) is 7.40. The maximum Gasteiger partial charge on any atom is 0.244 e. The van der Waals surface area contributed by atoms with E-state index < -0.39 is 10.0 Å². The summed E-state index contributed by atoms with van der Waals surface area (Å²) in [4.78, 5) is 2.46. The quantitative estimate of drug-likeness (QED) is 0.863. The second-order valence-electron chi connectivity index (χ2n) is 5.94. The lowest BCUT2D eigenvalue weighted by atomic mass is 10.1. The van der Waals surface area contributed by atoms with Gasteiger partial charge in [-0.25, -0.2) is 13.1 Å². The van der Waals surface area contributed by atoms with Crippen molar-refractivity contribution in [1.82, 2.24) is 9.62 Å². The van der Waals surface area contributed by atoms with Crippen molar-refractivity contribution >= 4 is 10.0 Å². The maximum atomic E-state index is 12.7.